The van der Waals surface area contributed by atoms with Crippen molar-refractivity contribution in [3.8, 4) is 12.3 Å². The number of nitrogens with one attached hydrogen (secondary N) is 2. The van der Waals surface area contributed by atoms with E-state index in [1.54, 1.807) is 6.92 Å². The van der Waals surface area contributed by atoms with E-state index in [4.69, 9.17) is 16.6 Å². The van der Waals surface area contributed by atoms with E-state index in [-0.39, 0.29) is 0 Å². The first-order chi connectivity index (χ1) is 6.88. The number of terminal acetylenes is 1. The van der Waals surface area contributed by atoms with Gasteiger partial charge in [0.15, 0.2) is 6.04 Å². The Balaban J connectivity index is 4.26. The topological polar surface area (TPSA) is 98.7 Å². The highest BCUT2D eigenvalue weighted by Crippen LogP contribution is 1.93. The molecule has 6 heteroatoms. The van der Waals surface area contributed by atoms with E-state index < -0.39 is 30.2 Å². The molecule has 1 unspecified atom stereocenters. The minimum Gasteiger partial charge on any atom is -0.480 e. The maximum Gasteiger partial charge on any atom is 0.328 e. The molecule has 0 aromatic heterocycles. The first-order valence-electron chi connectivity index (χ1n) is 4.32. The number of aliphatic hydroxyl groups is 1. The summed E-state index contributed by atoms with van der Waals surface area (Å²) in [5, 5.41) is 22.1. The summed E-state index contributed by atoms with van der Waals surface area (Å²) in [7, 11) is 0. The standard InChI is InChI=1S/C9H14N2O4/c1-4-5(2)10-9(15)11-7(6(3)12)8(13)14/h1,5-7,12H,2-3H3,(H,13,14)(H2,10,11,15)/t5?,6-,7+/m1/s1. The number of hydrogen-bond acceptors (Lipinski definition) is 3. The summed E-state index contributed by atoms with van der Waals surface area (Å²) < 4.78 is 0. The number of urea groups is 1. The van der Waals surface area contributed by atoms with Crippen LogP contribution in [-0.2, 0) is 4.79 Å². The molecule has 15 heavy (non-hydrogen) atoms. The number of carboxylic acid groups (broad SMARTS) is 1. The minimum atomic E-state index is -1.35. The van der Waals surface area contributed by atoms with Crippen LogP contribution in [0, 0.1) is 12.3 Å². The number of carbonyl (C=O) groups is 2. The highest BCUT2D eigenvalue weighted by Gasteiger charge is 2.24. The van der Waals surface area contributed by atoms with E-state index in [0.29, 0.717) is 0 Å². The molecule has 0 aliphatic heterocycles. The zero-order valence-corrected chi connectivity index (χ0v) is 8.52. The SMILES string of the molecule is C#CC(C)NC(=O)N[C@H](C(=O)O)[C@@H](C)O. The molecule has 0 fully saturated rings. The van der Waals surface area contributed by atoms with Crippen molar-refractivity contribution in [2.75, 3.05) is 0 Å². The van der Waals surface area contributed by atoms with E-state index in [2.05, 4.69) is 16.6 Å². The third-order valence-corrected chi connectivity index (χ3v) is 1.63. The molecule has 84 valence electrons. The van der Waals surface area contributed by atoms with Crippen LogP contribution in [0.5, 0.6) is 0 Å². The summed E-state index contributed by atoms with van der Waals surface area (Å²) in [4.78, 5) is 21.7. The first-order valence-corrected chi connectivity index (χ1v) is 4.32. The molecule has 4 N–H and O–H groups in total. The van der Waals surface area contributed by atoms with Gasteiger partial charge in [0, 0.05) is 0 Å². The van der Waals surface area contributed by atoms with Crippen LogP contribution < -0.4 is 10.6 Å². The average molecular weight is 214 g/mol. The van der Waals surface area contributed by atoms with Gasteiger partial charge in [-0.25, -0.2) is 9.59 Å². The molecule has 6 nitrogen and oxygen atoms in total. The molecule has 0 radical (unpaired) electrons. The number of aliphatic carboxylic acids is 1. The van der Waals surface area contributed by atoms with Crippen LogP contribution >= 0.6 is 0 Å². The Hall–Kier alpha value is -1.74. The van der Waals surface area contributed by atoms with Crippen LogP contribution in [0.2, 0.25) is 0 Å². The highest BCUT2D eigenvalue weighted by molar-refractivity contribution is 5.83. The van der Waals surface area contributed by atoms with Crippen molar-refractivity contribution in [2.24, 2.45) is 0 Å². The van der Waals surface area contributed by atoms with Crippen LogP contribution in [0.4, 0.5) is 4.79 Å². The number of amides is 2. The molecule has 2 amide bonds. The van der Waals surface area contributed by atoms with Crippen molar-refractivity contribution in [1.82, 2.24) is 10.6 Å². The molecular formula is C9H14N2O4. The number of hydrogen-bond donors (Lipinski definition) is 4. The first kappa shape index (κ1) is 13.3. The summed E-state index contributed by atoms with van der Waals surface area (Å²) in [6.45, 7) is 2.83. The number of carbonyl (C=O) groups excluding carboxylic acids is 1. The fourth-order valence-corrected chi connectivity index (χ4v) is 0.810. The summed E-state index contributed by atoms with van der Waals surface area (Å²) >= 11 is 0. The fourth-order valence-electron chi connectivity index (χ4n) is 0.810. The van der Waals surface area contributed by atoms with Crippen LogP contribution in [0.1, 0.15) is 13.8 Å². The molecule has 0 bridgehead atoms. The van der Waals surface area contributed by atoms with E-state index in [0.717, 1.165) is 0 Å². The molecule has 0 aromatic carbocycles. The Labute approximate surface area is 87.7 Å². The van der Waals surface area contributed by atoms with Gasteiger partial charge in [-0.1, -0.05) is 5.92 Å². The van der Waals surface area contributed by atoms with Crippen molar-refractivity contribution in [3.05, 3.63) is 0 Å². The Morgan fingerprint density at radius 2 is 1.87 bits per heavy atom. The summed E-state index contributed by atoms with van der Waals surface area (Å²) in [6.07, 6.45) is 3.83. The Kier molecular flexibility index (Phi) is 5.20. The van der Waals surface area contributed by atoms with E-state index in [1.165, 1.54) is 6.92 Å². The zero-order valence-electron chi connectivity index (χ0n) is 8.52. The Bertz CT molecular complexity index is 282. The van der Waals surface area contributed by atoms with Gasteiger partial charge in [-0.2, -0.15) is 0 Å². The fraction of sp³-hybridized carbons (Fsp3) is 0.556. The van der Waals surface area contributed by atoms with Crippen molar-refractivity contribution in [2.45, 2.75) is 32.0 Å². The van der Waals surface area contributed by atoms with Crippen LogP contribution in [0.15, 0.2) is 0 Å². The molecular weight excluding hydrogens is 200 g/mol. The van der Waals surface area contributed by atoms with Gasteiger partial charge in [0.1, 0.15) is 0 Å². The second-order valence-corrected chi connectivity index (χ2v) is 3.06. The lowest BCUT2D eigenvalue weighted by Gasteiger charge is -2.18. The van der Waals surface area contributed by atoms with Crippen molar-refractivity contribution < 1.29 is 19.8 Å². The third kappa shape index (κ3) is 4.88. The lowest BCUT2D eigenvalue weighted by molar-refractivity contribution is -0.141. The normalized spacial score (nSPS) is 15.6. The van der Waals surface area contributed by atoms with Crippen LogP contribution in [-0.4, -0.2) is 40.4 Å². The van der Waals surface area contributed by atoms with Gasteiger partial charge in [0.25, 0.3) is 0 Å². The van der Waals surface area contributed by atoms with Crippen molar-refractivity contribution in [1.29, 1.82) is 0 Å². The molecule has 0 rings (SSSR count). The van der Waals surface area contributed by atoms with Crippen LogP contribution in [0.25, 0.3) is 0 Å². The molecule has 0 aliphatic carbocycles. The van der Waals surface area contributed by atoms with Crippen molar-refractivity contribution >= 4 is 12.0 Å². The number of rotatable bonds is 4. The van der Waals surface area contributed by atoms with Gasteiger partial charge in [0.2, 0.25) is 0 Å². The van der Waals surface area contributed by atoms with Crippen LogP contribution in [0.3, 0.4) is 0 Å². The monoisotopic (exact) mass is 214 g/mol. The quantitative estimate of drug-likeness (QED) is 0.458. The Morgan fingerprint density at radius 1 is 1.33 bits per heavy atom. The zero-order chi connectivity index (χ0) is 12.0. The molecule has 0 aromatic rings. The van der Waals surface area contributed by atoms with Gasteiger partial charge in [-0.3, -0.25) is 0 Å². The maximum absolute atomic E-state index is 11.1. The summed E-state index contributed by atoms with van der Waals surface area (Å²) in [5.41, 5.74) is 0. The number of carboxylic acids is 1. The number of aliphatic hydroxyl groups excluding tert-OH is 1. The lowest BCUT2D eigenvalue weighted by atomic mass is 10.2. The second-order valence-electron chi connectivity index (χ2n) is 3.06. The molecule has 0 spiro atoms. The van der Waals surface area contributed by atoms with Gasteiger partial charge in [-0.15, -0.1) is 6.42 Å². The highest BCUT2D eigenvalue weighted by atomic mass is 16.4. The van der Waals surface area contributed by atoms with Gasteiger partial charge in [0.05, 0.1) is 12.1 Å². The van der Waals surface area contributed by atoms with E-state index in [1.807, 2.05) is 0 Å². The molecule has 0 saturated carbocycles. The molecule has 0 heterocycles. The molecule has 0 saturated heterocycles. The second kappa shape index (κ2) is 5.88. The third-order valence-electron chi connectivity index (χ3n) is 1.63. The summed E-state index contributed by atoms with van der Waals surface area (Å²) in [5.74, 6) is 0.934. The van der Waals surface area contributed by atoms with Gasteiger partial charge in [-0.05, 0) is 13.8 Å². The Morgan fingerprint density at radius 3 is 2.20 bits per heavy atom. The molecule has 0 aliphatic rings. The predicted octanol–water partition coefficient (Wildman–Crippen LogP) is -0.859. The lowest BCUT2D eigenvalue weighted by Crippen LogP contribution is -2.52. The van der Waals surface area contributed by atoms with Gasteiger partial charge >= 0.3 is 12.0 Å². The van der Waals surface area contributed by atoms with Gasteiger partial charge < -0.3 is 20.8 Å². The minimum absolute atomic E-state index is 0.506. The van der Waals surface area contributed by atoms with E-state index in [9.17, 15) is 9.59 Å². The predicted molar refractivity (Wildman–Crippen MR) is 53.1 cm³/mol. The smallest absolute Gasteiger partial charge is 0.328 e. The largest absolute Gasteiger partial charge is 0.480 e. The summed E-state index contributed by atoms with van der Waals surface area (Å²) in [6, 6.07) is -2.59. The maximum atomic E-state index is 11.1. The average Bonchev–Trinajstić information content (AvgIpc) is 2.12. The van der Waals surface area contributed by atoms with E-state index >= 15 is 0 Å². The van der Waals surface area contributed by atoms with Crippen molar-refractivity contribution in [3.63, 3.8) is 0 Å². The molecule has 3 atom stereocenters.